The molecule has 0 unspecified atom stereocenters. The van der Waals surface area contributed by atoms with Crippen LogP contribution in [0.4, 0.5) is 0 Å². The van der Waals surface area contributed by atoms with E-state index in [9.17, 15) is 0 Å². The number of aromatic nitrogens is 2. The van der Waals surface area contributed by atoms with Crippen molar-refractivity contribution in [1.82, 2.24) is 15.1 Å². The molecule has 0 aliphatic carbocycles. The lowest BCUT2D eigenvalue weighted by Crippen LogP contribution is -2.34. The van der Waals surface area contributed by atoms with Gasteiger partial charge in [0.15, 0.2) is 0 Å². The van der Waals surface area contributed by atoms with Gasteiger partial charge in [-0.1, -0.05) is 23.2 Å². The third-order valence-electron chi connectivity index (χ3n) is 3.95. The second-order valence-electron chi connectivity index (χ2n) is 5.53. The van der Waals surface area contributed by atoms with E-state index in [1.54, 1.807) is 18.2 Å². The number of piperidine rings is 1. The molecule has 0 bridgehead atoms. The van der Waals surface area contributed by atoms with Crippen molar-refractivity contribution in [1.29, 1.82) is 0 Å². The molecule has 0 atom stereocenters. The predicted octanol–water partition coefficient (Wildman–Crippen LogP) is 3.25. The summed E-state index contributed by atoms with van der Waals surface area (Å²) in [6.07, 6.45) is 2.00. The summed E-state index contributed by atoms with van der Waals surface area (Å²) in [5.74, 6) is 1.40. The number of benzene rings is 1. The number of aliphatic hydroxyl groups is 1. The topological polar surface area (TPSA) is 62.4 Å². The van der Waals surface area contributed by atoms with Gasteiger partial charge in [0.1, 0.15) is 0 Å². The molecule has 1 fully saturated rings. The van der Waals surface area contributed by atoms with E-state index in [2.05, 4.69) is 15.1 Å². The highest BCUT2D eigenvalue weighted by molar-refractivity contribution is 6.36. The molecule has 0 radical (unpaired) electrons. The first kappa shape index (κ1) is 15.7. The maximum Gasteiger partial charge on any atom is 0.249 e. The van der Waals surface area contributed by atoms with Crippen LogP contribution in [0.3, 0.4) is 0 Å². The van der Waals surface area contributed by atoms with Crippen molar-refractivity contribution >= 4 is 23.2 Å². The largest absolute Gasteiger partial charge is 0.419 e. The molecule has 1 aromatic heterocycles. The van der Waals surface area contributed by atoms with Gasteiger partial charge in [-0.3, -0.25) is 4.90 Å². The SMILES string of the molecule is OCC1CCN(Cc2nnc(-c3ccc(Cl)cc3Cl)o2)CC1. The van der Waals surface area contributed by atoms with Crippen LogP contribution in [-0.4, -0.2) is 39.9 Å². The maximum atomic E-state index is 9.16. The zero-order valence-electron chi connectivity index (χ0n) is 12.0. The molecule has 7 heteroatoms. The highest BCUT2D eigenvalue weighted by atomic mass is 35.5. The molecule has 0 saturated carbocycles. The summed E-state index contributed by atoms with van der Waals surface area (Å²) < 4.78 is 5.71. The monoisotopic (exact) mass is 341 g/mol. The average Bonchev–Trinajstić information content (AvgIpc) is 2.96. The molecular formula is C15H17Cl2N3O2. The van der Waals surface area contributed by atoms with Crippen molar-refractivity contribution in [2.24, 2.45) is 5.92 Å². The molecule has 118 valence electrons. The highest BCUT2D eigenvalue weighted by Gasteiger charge is 2.20. The Kier molecular flexibility index (Phi) is 4.98. The average molecular weight is 342 g/mol. The van der Waals surface area contributed by atoms with Crippen molar-refractivity contribution in [2.45, 2.75) is 19.4 Å². The summed E-state index contributed by atoms with van der Waals surface area (Å²) in [5, 5.41) is 18.4. The molecule has 22 heavy (non-hydrogen) atoms. The number of halogens is 2. The third-order valence-corrected chi connectivity index (χ3v) is 4.50. The van der Waals surface area contributed by atoms with Crippen LogP contribution < -0.4 is 0 Å². The second kappa shape index (κ2) is 6.96. The maximum absolute atomic E-state index is 9.16. The zero-order chi connectivity index (χ0) is 15.5. The lowest BCUT2D eigenvalue weighted by atomic mass is 9.98. The quantitative estimate of drug-likeness (QED) is 0.924. The van der Waals surface area contributed by atoms with Crippen LogP contribution in [0.25, 0.3) is 11.5 Å². The van der Waals surface area contributed by atoms with E-state index in [0.29, 0.717) is 39.9 Å². The minimum absolute atomic E-state index is 0.271. The van der Waals surface area contributed by atoms with Crippen LogP contribution in [0.2, 0.25) is 10.0 Å². The van der Waals surface area contributed by atoms with E-state index in [4.69, 9.17) is 32.7 Å². The summed E-state index contributed by atoms with van der Waals surface area (Å²) in [4.78, 5) is 2.26. The van der Waals surface area contributed by atoms with E-state index in [-0.39, 0.29) is 6.61 Å². The number of likely N-dealkylation sites (tertiary alicyclic amines) is 1. The second-order valence-corrected chi connectivity index (χ2v) is 6.37. The van der Waals surface area contributed by atoms with Gasteiger partial charge in [-0.2, -0.15) is 0 Å². The van der Waals surface area contributed by atoms with Gasteiger partial charge < -0.3 is 9.52 Å². The molecule has 1 aliphatic rings. The molecule has 2 aromatic rings. The van der Waals surface area contributed by atoms with Crippen LogP contribution in [-0.2, 0) is 6.54 Å². The lowest BCUT2D eigenvalue weighted by Gasteiger charge is -2.29. The van der Waals surface area contributed by atoms with E-state index in [1.807, 2.05) is 0 Å². The van der Waals surface area contributed by atoms with Crippen molar-refractivity contribution in [3.8, 4) is 11.5 Å². The molecule has 2 heterocycles. The molecule has 3 rings (SSSR count). The first-order valence-electron chi connectivity index (χ1n) is 7.26. The van der Waals surface area contributed by atoms with Crippen LogP contribution >= 0.6 is 23.2 Å². The fourth-order valence-corrected chi connectivity index (χ4v) is 3.10. The fraction of sp³-hybridized carbons (Fsp3) is 0.467. The summed E-state index contributed by atoms with van der Waals surface area (Å²) in [5.41, 5.74) is 0.684. The van der Waals surface area contributed by atoms with E-state index < -0.39 is 0 Å². The van der Waals surface area contributed by atoms with Crippen LogP contribution in [0.15, 0.2) is 22.6 Å². The van der Waals surface area contributed by atoms with E-state index in [0.717, 1.165) is 25.9 Å². The molecule has 1 N–H and O–H groups in total. The Hall–Kier alpha value is -1.14. The van der Waals surface area contributed by atoms with Gasteiger partial charge in [0.25, 0.3) is 0 Å². The van der Waals surface area contributed by atoms with Gasteiger partial charge in [0, 0.05) is 11.6 Å². The smallest absolute Gasteiger partial charge is 0.249 e. The Balaban J connectivity index is 1.66. The molecule has 0 spiro atoms. The number of aliphatic hydroxyl groups excluding tert-OH is 1. The summed E-state index contributed by atoms with van der Waals surface area (Å²) in [6, 6.07) is 5.17. The standard InChI is InChI=1S/C15H17Cl2N3O2/c16-11-1-2-12(13(17)7-11)15-19-18-14(22-15)8-20-5-3-10(9-21)4-6-20/h1-2,7,10,21H,3-6,8-9H2. The third kappa shape index (κ3) is 3.60. The van der Waals surface area contributed by atoms with Crippen molar-refractivity contribution in [3.05, 3.63) is 34.1 Å². The van der Waals surface area contributed by atoms with Crippen LogP contribution in [0.1, 0.15) is 18.7 Å². The molecular weight excluding hydrogens is 325 g/mol. The number of hydrogen-bond acceptors (Lipinski definition) is 5. The Morgan fingerprint density at radius 2 is 2.00 bits per heavy atom. The normalized spacial score (nSPS) is 17.0. The van der Waals surface area contributed by atoms with Gasteiger partial charge in [0.05, 0.1) is 17.1 Å². The van der Waals surface area contributed by atoms with Crippen LogP contribution in [0, 0.1) is 5.92 Å². The molecule has 1 aliphatic heterocycles. The van der Waals surface area contributed by atoms with Crippen molar-refractivity contribution in [2.75, 3.05) is 19.7 Å². The Labute approximate surface area is 138 Å². The lowest BCUT2D eigenvalue weighted by molar-refractivity contribution is 0.121. The Morgan fingerprint density at radius 3 is 2.68 bits per heavy atom. The van der Waals surface area contributed by atoms with Crippen LogP contribution in [0.5, 0.6) is 0 Å². The van der Waals surface area contributed by atoms with Gasteiger partial charge in [-0.15, -0.1) is 10.2 Å². The molecule has 0 amide bonds. The summed E-state index contributed by atoms with van der Waals surface area (Å²) in [6.45, 7) is 2.76. The Bertz CT molecular complexity index is 639. The van der Waals surface area contributed by atoms with Gasteiger partial charge in [-0.25, -0.2) is 0 Å². The predicted molar refractivity (Wildman–Crippen MR) is 84.8 cm³/mol. The Morgan fingerprint density at radius 1 is 1.23 bits per heavy atom. The number of hydrogen-bond donors (Lipinski definition) is 1. The zero-order valence-corrected chi connectivity index (χ0v) is 13.5. The molecule has 1 saturated heterocycles. The van der Waals surface area contributed by atoms with Gasteiger partial charge in [0.2, 0.25) is 11.8 Å². The number of rotatable bonds is 4. The minimum atomic E-state index is 0.271. The highest BCUT2D eigenvalue weighted by Crippen LogP contribution is 2.29. The minimum Gasteiger partial charge on any atom is -0.419 e. The first-order chi connectivity index (χ1) is 10.7. The van der Waals surface area contributed by atoms with Gasteiger partial charge >= 0.3 is 0 Å². The van der Waals surface area contributed by atoms with Gasteiger partial charge in [-0.05, 0) is 50.0 Å². The molecule has 5 nitrogen and oxygen atoms in total. The van der Waals surface area contributed by atoms with E-state index >= 15 is 0 Å². The number of nitrogens with zero attached hydrogens (tertiary/aromatic N) is 3. The summed E-state index contributed by atoms with van der Waals surface area (Å²) in [7, 11) is 0. The molecule has 1 aromatic carbocycles. The fourth-order valence-electron chi connectivity index (χ4n) is 2.61. The van der Waals surface area contributed by atoms with Crippen molar-refractivity contribution in [3.63, 3.8) is 0 Å². The summed E-state index contributed by atoms with van der Waals surface area (Å²) >= 11 is 12.0. The first-order valence-corrected chi connectivity index (χ1v) is 8.02. The van der Waals surface area contributed by atoms with E-state index in [1.165, 1.54) is 0 Å². The van der Waals surface area contributed by atoms with Crippen molar-refractivity contribution < 1.29 is 9.52 Å².